The van der Waals surface area contributed by atoms with Gasteiger partial charge in [0, 0.05) is 12.0 Å². The molecule has 20 heavy (non-hydrogen) atoms. The van der Waals surface area contributed by atoms with Crippen LogP contribution in [0.5, 0.6) is 5.75 Å². The highest BCUT2D eigenvalue weighted by Gasteiger charge is 2.17. The molecule has 1 atom stereocenters. The first kappa shape index (κ1) is 15.5. The van der Waals surface area contributed by atoms with Gasteiger partial charge >= 0.3 is 0 Å². The maximum atomic E-state index is 10.4. The number of halogens is 3. The van der Waals surface area contributed by atoms with Crippen molar-refractivity contribution < 1.29 is 9.84 Å². The molecule has 2 rings (SSSR count). The molecule has 0 heterocycles. The topological polar surface area (TPSA) is 29.5 Å². The number of aliphatic hydroxyl groups excluding tert-OH is 1. The molecule has 2 aromatic carbocycles. The number of benzene rings is 2. The van der Waals surface area contributed by atoms with Gasteiger partial charge in [-0.25, -0.2) is 0 Å². The van der Waals surface area contributed by atoms with Gasteiger partial charge in [-0.3, -0.25) is 0 Å². The molecule has 2 nitrogen and oxygen atoms in total. The first-order valence-corrected chi connectivity index (χ1v) is 7.10. The Hall–Kier alpha value is -0.930. The van der Waals surface area contributed by atoms with Gasteiger partial charge in [-0.05, 0) is 29.8 Å². The maximum Gasteiger partial charge on any atom is 0.126 e. The highest BCUT2D eigenvalue weighted by atomic mass is 35.5. The van der Waals surface area contributed by atoms with Crippen LogP contribution in [0.4, 0.5) is 0 Å². The zero-order valence-corrected chi connectivity index (χ0v) is 13.0. The van der Waals surface area contributed by atoms with Crippen LogP contribution in [-0.2, 0) is 6.42 Å². The number of aliphatic hydroxyl groups is 1. The first-order valence-electron chi connectivity index (χ1n) is 5.97. The van der Waals surface area contributed by atoms with Crippen LogP contribution in [0.3, 0.4) is 0 Å². The van der Waals surface area contributed by atoms with Crippen molar-refractivity contribution in [2.24, 2.45) is 0 Å². The monoisotopic (exact) mass is 330 g/mol. The molecule has 1 unspecified atom stereocenters. The molecule has 0 bridgehead atoms. The van der Waals surface area contributed by atoms with Crippen molar-refractivity contribution in [2.75, 3.05) is 7.11 Å². The van der Waals surface area contributed by atoms with Gasteiger partial charge in [0.15, 0.2) is 0 Å². The van der Waals surface area contributed by atoms with E-state index in [1.54, 1.807) is 37.4 Å². The van der Waals surface area contributed by atoms with Gasteiger partial charge in [-0.15, -0.1) is 0 Å². The molecule has 0 saturated heterocycles. The smallest absolute Gasteiger partial charge is 0.126 e. The molecule has 0 aromatic heterocycles. The summed E-state index contributed by atoms with van der Waals surface area (Å²) in [6.07, 6.45) is -0.410. The van der Waals surface area contributed by atoms with Crippen LogP contribution >= 0.6 is 34.8 Å². The molecule has 1 N–H and O–H groups in total. The zero-order chi connectivity index (χ0) is 14.7. The van der Waals surface area contributed by atoms with Gasteiger partial charge in [0.25, 0.3) is 0 Å². The molecule has 0 aliphatic heterocycles. The van der Waals surface area contributed by atoms with Crippen LogP contribution in [-0.4, -0.2) is 12.2 Å². The predicted octanol–water partition coefficient (Wildman–Crippen LogP) is 4.93. The molecule has 0 spiro atoms. The third-order valence-corrected chi connectivity index (χ3v) is 4.05. The van der Waals surface area contributed by atoms with Crippen LogP contribution in [0.15, 0.2) is 36.4 Å². The maximum absolute atomic E-state index is 10.4. The second-order valence-corrected chi connectivity index (χ2v) is 5.55. The third kappa shape index (κ3) is 3.39. The lowest BCUT2D eigenvalue weighted by atomic mass is 10.0. The van der Waals surface area contributed by atoms with Crippen LogP contribution in [0.1, 0.15) is 17.2 Å². The van der Waals surface area contributed by atoms with Gasteiger partial charge in [0.05, 0.1) is 28.3 Å². The minimum absolute atomic E-state index is 0.372. The molecule has 2 aromatic rings. The number of methoxy groups -OCH3 is 1. The van der Waals surface area contributed by atoms with Crippen molar-refractivity contribution in [1.29, 1.82) is 0 Å². The SMILES string of the molecule is COc1cccc(Cl)c1C(O)Cc1ccc(Cl)c(Cl)c1. The number of rotatable bonds is 4. The van der Waals surface area contributed by atoms with Crippen molar-refractivity contribution in [3.63, 3.8) is 0 Å². The fraction of sp³-hybridized carbons (Fsp3) is 0.200. The molecular weight excluding hydrogens is 319 g/mol. The van der Waals surface area contributed by atoms with Crippen molar-refractivity contribution in [2.45, 2.75) is 12.5 Å². The number of hydrogen-bond donors (Lipinski definition) is 1. The molecule has 5 heteroatoms. The summed E-state index contributed by atoms with van der Waals surface area (Å²) in [4.78, 5) is 0. The van der Waals surface area contributed by atoms with Crippen molar-refractivity contribution in [3.8, 4) is 5.75 Å². The molecule has 0 fully saturated rings. The molecular formula is C15H13Cl3O2. The largest absolute Gasteiger partial charge is 0.496 e. The van der Waals surface area contributed by atoms with E-state index in [2.05, 4.69) is 0 Å². The summed E-state index contributed by atoms with van der Waals surface area (Å²) >= 11 is 18.0. The molecule has 0 saturated carbocycles. The minimum Gasteiger partial charge on any atom is -0.496 e. The summed E-state index contributed by atoms with van der Waals surface area (Å²) in [5, 5.41) is 11.8. The quantitative estimate of drug-likeness (QED) is 0.860. The average molecular weight is 332 g/mol. The molecule has 0 aliphatic rings. The second-order valence-electron chi connectivity index (χ2n) is 4.32. The Morgan fingerprint density at radius 3 is 2.45 bits per heavy atom. The fourth-order valence-electron chi connectivity index (χ4n) is 2.01. The van der Waals surface area contributed by atoms with Gasteiger partial charge in [-0.1, -0.05) is 46.9 Å². The van der Waals surface area contributed by atoms with Crippen LogP contribution in [0, 0.1) is 0 Å². The van der Waals surface area contributed by atoms with Gasteiger partial charge < -0.3 is 9.84 Å². The summed E-state index contributed by atoms with van der Waals surface area (Å²) in [6.45, 7) is 0. The zero-order valence-electron chi connectivity index (χ0n) is 10.7. The summed E-state index contributed by atoms with van der Waals surface area (Å²) in [6, 6.07) is 10.5. The molecule has 106 valence electrons. The van der Waals surface area contributed by atoms with E-state index in [1.807, 2.05) is 6.07 Å². The summed E-state index contributed by atoms with van der Waals surface area (Å²) < 4.78 is 5.24. The normalized spacial score (nSPS) is 12.2. The lowest BCUT2D eigenvalue weighted by Crippen LogP contribution is -2.05. The first-order chi connectivity index (χ1) is 9.52. The average Bonchev–Trinajstić information content (AvgIpc) is 2.42. The van der Waals surface area contributed by atoms with Crippen molar-refractivity contribution >= 4 is 34.8 Å². The van der Waals surface area contributed by atoms with E-state index in [4.69, 9.17) is 39.5 Å². The Balaban J connectivity index is 2.28. The second kappa shape index (κ2) is 6.68. The van der Waals surface area contributed by atoms with E-state index in [0.29, 0.717) is 32.8 Å². The Labute approximate surface area is 132 Å². The summed E-state index contributed by atoms with van der Waals surface area (Å²) in [5.41, 5.74) is 1.44. The van der Waals surface area contributed by atoms with E-state index >= 15 is 0 Å². The predicted molar refractivity (Wildman–Crippen MR) is 83.1 cm³/mol. The fourth-order valence-corrected chi connectivity index (χ4v) is 2.62. The highest BCUT2D eigenvalue weighted by Crippen LogP contribution is 2.34. The molecule has 0 amide bonds. The van der Waals surface area contributed by atoms with Gasteiger partial charge in [0.2, 0.25) is 0 Å². The molecule has 0 radical (unpaired) electrons. The summed E-state index contributed by atoms with van der Waals surface area (Å²) in [5.74, 6) is 0.560. The third-order valence-electron chi connectivity index (χ3n) is 2.98. The van der Waals surface area contributed by atoms with Crippen molar-refractivity contribution in [1.82, 2.24) is 0 Å². The number of ether oxygens (including phenoxy) is 1. The Morgan fingerprint density at radius 1 is 1.05 bits per heavy atom. The lowest BCUT2D eigenvalue weighted by Gasteiger charge is -2.16. The van der Waals surface area contributed by atoms with Crippen LogP contribution < -0.4 is 4.74 Å². The van der Waals surface area contributed by atoms with E-state index in [0.717, 1.165) is 5.56 Å². The Kier molecular flexibility index (Phi) is 5.17. The van der Waals surface area contributed by atoms with E-state index < -0.39 is 6.10 Å². The highest BCUT2D eigenvalue weighted by molar-refractivity contribution is 6.42. The minimum atomic E-state index is -0.782. The Morgan fingerprint density at radius 2 is 1.80 bits per heavy atom. The Bertz CT molecular complexity index is 614. The molecule has 0 aliphatic carbocycles. The van der Waals surface area contributed by atoms with E-state index in [9.17, 15) is 5.11 Å². The van der Waals surface area contributed by atoms with Crippen LogP contribution in [0.2, 0.25) is 15.1 Å². The van der Waals surface area contributed by atoms with Gasteiger partial charge in [-0.2, -0.15) is 0 Å². The lowest BCUT2D eigenvalue weighted by molar-refractivity contribution is 0.174. The summed E-state index contributed by atoms with van der Waals surface area (Å²) in [7, 11) is 1.54. The van der Waals surface area contributed by atoms with E-state index in [1.165, 1.54) is 0 Å². The van der Waals surface area contributed by atoms with Crippen molar-refractivity contribution in [3.05, 3.63) is 62.6 Å². The van der Waals surface area contributed by atoms with Gasteiger partial charge in [0.1, 0.15) is 5.75 Å². The van der Waals surface area contributed by atoms with E-state index in [-0.39, 0.29) is 0 Å². The number of hydrogen-bond acceptors (Lipinski definition) is 2. The van der Waals surface area contributed by atoms with Crippen LogP contribution in [0.25, 0.3) is 0 Å². The standard InChI is InChI=1S/C15H13Cl3O2/c1-20-14-4-2-3-11(17)15(14)13(19)8-9-5-6-10(16)12(18)7-9/h2-7,13,19H,8H2,1H3.